The van der Waals surface area contributed by atoms with Gasteiger partial charge in [0, 0.05) is 16.6 Å². The summed E-state index contributed by atoms with van der Waals surface area (Å²) in [5.41, 5.74) is -0.677. The number of nitrogens with zero attached hydrogens (tertiary/aromatic N) is 2. The van der Waals surface area contributed by atoms with Crippen molar-refractivity contribution < 1.29 is 28.3 Å². The van der Waals surface area contributed by atoms with Crippen LogP contribution < -0.4 is 10.1 Å². The smallest absolute Gasteiger partial charge is 0.315 e. The minimum Gasteiger partial charge on any atom is -0.500 e. The average molecular weight is 421 g/mol. The van der Waals surface area contributed by atoms with Crippen LogP contribution in [0.1, 0.15) is 5.56 Å². The van der Waals surface area contributed by atoms with Gasteiger partial charge in [-0.15, -0.1) is 0 Å². The molecule has 0 saturated carbocycles. The van der Waals surface area contributed by atoms with Gasteiger partial charge in [0.1, 0.15) is 11.6 Å². The SMILES string of the molecule is COc1cc(/C=C(\C#N)C(=O)Nc2ccc(SC(F)F)cc2)cc([N+](=O)[O-])c1O. The molecule has 0 fully saturated rings. The van der Waals surface area contributed by atoms with E-state index in [0.717, 1.165) is 12.1 Å². The Kier molecular flexibility index (Phi) is 7.10. The Labute approximate surface area is 167 Å². The molecule has 0 bridgehead atoms. The molecule has 0 aromatic heterocycles. The van der Waals surface area contributed by atoms with Crippen molar-refractivity contribution in [1.82, 2.24) is 0 Å². The average Bonchev–Trinajstić information content (AvgIpc) is 2.67. The lowest BCUT2D eigenvalue weighted by atomic mass is 10.1. The number of alkyl halides is 2. The molecule has 0 aliphatic carbocycles. The summed E-state index contributed by atoms with van der Waals surface area (Å²) in [4.78, 5) is 22.8. The van der Waals surface area contributed by atoms with Gasteiger partial charge in [-0.05, 0) is 42.0 Å². The van der Waals surface area contributed by atoms with Crippen LogP contribution in [-0.2, 0) is 4.79 Å². The van der Waals surface area contributed by atoms with Crippen molar-refractivity contribution in [2.24, 2.45) is 0 Å². The number of thioether (sulfide) groups is 1. The molecular formula is C18H13F2N3O5S. The first-order valence-electron chi connectivity index (χ1n) is 7.78. The Bertz CT molecular complexity index is 1000. The normalized spacial score (nSPS) is 11.1. The lowest BCUT2D eigenvalue weighted by Crippen LogP contribution is -2.13. The second kappa shape index (κ2) is 9.52. The van der Waals surface area contributed by atoms with E-state index in [2.05, 4.69) is 5.32 Å². The van der Waals surface area contributed by atoms with Crippen molar-refractivity contribution in [2.75, 3.05) is 12.4 Å². The van der Waals surface area contributed by atoms with Gasteiger partial charge in [0.15, 0.2) is 5.75 Å². The molecule has 0 spiro atoms. The molecule has 8 nitrogen and oxygen atoms in total. The number of hydrogen-bond donors (Lipinski definition) is 2. The third kappa shape index (κ3) is 5.66. The maximum absolute atomic E-state index is 12.3. The van der Waals surface area contributed by atoms with Gasteiger partial charge in [-0.3, -0.25) is 14.9 Å². The minimum atomic E-state index is -2.57. The molecule has 1 amide bonds. The fourth-order valence-electron chi connectivity index (χ4n) is 2.23. The fraction of sp³-hybridized carbons (Fsp3) is 0.111. The van der Waals surface area contributed by atoms with Crippen LogP contribution in [0.3, 0.4) is 0 Å². The van der Waals surface area contributed by atoms with E-state index in [1.807, 2.05) is 0 Å². The molecule has 2 rings (SSSR count). The van der Waals surface area contributed by atoms with Crippen LogP contribution in [0, 0.1) is 21.4 Å². The zero-order valence-corrected chi connectivity index (χ0v) is 15.6. The Morgan fingerprint density at radius 1 is 1.38 bits per heavy atom. The maximum Gasteiger partial charge on any atom is 0.315 e. The molecule has 2 aromatic rings. The van der Waals surface area contributed by atoms with E-state index in [0.29, 0.717) is 16.7 Å². The fourth-order valence-corrected chi connectivity index (χ4v) is 2.72. The number of halogens is 2. The molecule has 150 valence electrons. The van der Waals surface area contributed by atoms with Gasteiger partial charge in [-0.25, -0.2) is 0 Å². The molecule has 11 heteroatoms. The number of nitro benzene ring substituents is 1. The number of methoxy groups -OCH3 is 1. The predicted octanol–water partition coefficient (Wildman–Crippen LogP) is 4.17. The van der Waals surface area contributed by atoms with Crippen LogP contribution >= 0.6 is 11.8 Å². The number of nitro groups is 1. The van der Waals surface area contributed by atoms with Crippen LogP contribution in [0.15, 0.2) is 46.9 Å². The second-order valence-corrected chi connectivity index (χ2v) is 6.44. The number of benzene rings is 2. The molecule has 0 saturated heterocycles. The van der Waals surface area contributed by atoms with Gasteiger partial charge in [0.2, 0.25) is 5.75 Å². The number of carbonyl (C=O) groups is 1. The maximum atomic E-state index is 12.3. The summed E-state index contributed by atoms with van der Waals surface area (Å²) in [7, 11) is 1.19. The molecule has 0 aliphatic rings. The summed E-state index contributed by atoms with van der Waals surface area (Å²) in [6.45, 7) is 0. The zero-order valence-electron chi connectivity index (χ0n) is 14.8. The third-order valence-corrected chi connectivity index (χ3v) is 4.23. The summed E-state index contributed by atoms with van der Waals surface area (Å²) in [6.07, 6.45) is 1.09. The summed E-state index contributed by atoms with van der Waals surface area (Å²) in [5.74, 6) is -4.26. The van der Waals surface area contributed by atoms with E-state index in [-0.39, 0.29) is 22.6 Å². The van der Waals surface area contributed by atoms with Gasteiger partial charge < -0.3 is 15.2 Å². The number of ether oxygens (including phenoxy) is 1. The molecule has 0 atom stereocenters. The van der Waals surface area contributed by atoms with Gasteiger partial charge in [-0.1, -0.05) is 11.8 Å². The number of phenols is 1. The Morgan fingerprint density at radius 3 is 2.55 bits per heavy atom. The molecule has 0 unspecified atom stereocenters. The lowest BCUT2D eigenvalue weighted by Gasteiger charge is -2.07. The van der Waals surface area contributed by atoms with Crippen molar-refractivity contribution in [1.29, 1.82) is 5.26 Å². The summed E-state index contributed by atoms with van der Waals surface area (Å²) < 4.78 is 29.5. The van der Waals surface area contributed by atoms with Crippen molar-refractivity contribution in [3.8, 4) is 17.6 Å². The first-order chi connectivity index (χ1) is 13.7. The largest absolute Gasteiger partial charge is 0.500 e. The number of carbonyl (C=O) groups excluding carboxylic acids is 1. The van der Waals surface area contributed by atoms with Gasteiger partial charge >= 0.3 is 5.69 Å². The third-order valence-electron chi connectivity index (χ3n) is 3.51. The van der Waals surface area contributed by atoms with E-state index >= 15 is 0 Å². The van der Waals surface area contributed by atoms with Gasteiger partial charge in [-0.2, -0.15) is 14.0 Å². The van der Waals surface area contributed by atoms with E-state index < -0.39 is 28.0 Å². The topological polar surface area (TPSA) is 125 Å². The molecule has 2 N–H and O–H groups in total. The van der Waals surface area contributed by atoms with Crippen molar-refractivity contribution in [3.05, 3.63) is 57.6 Å². The van der Waals surface area contributed by atoms with Crippen molar-refractivity contribution >= 4 is 35.1 Å². The number of anilines is 1. The van der Waals surface area contributed by atoms with Crippen LogP contribution in [-0.4, -0.2) is 28.8 Å². The highest BCUT2D eigenvalue weighted by Crippen LogP contribution is 2.37. The Morgan fingerprint density at radius 2 is 2.03 bits per heavy atom. The van der Waals surface area contributed by atoms with E-state index in [4.69, 9.17) is 4.74 Å². The summed E-state index contributed by atoms with van der Waals surface area (Å²) in [5, 5.41) is 32.5. The van der Waals surface area contributed by atoms with E-state index in [1.165, 1.54) is 37.4 Å². The number of phenolic OH excluding ortho intramolecular Hbond substituents is 1. The van der Waals surface area contributed by atoms with Gasteiger partial charge in [0.05, 0.1) is 12.0 Å². The van der Waals surface area contributed by atoms with Gasteiger partial charge in [0.25, 0.3) is 11.7 Å². The zero-order chi connectivity index (χ0) is 21.6. The number of nitrogens with one attached hydrogen (secondary N) is 1. The molecule has 29 heavy (non-hydrogen) atoms. The second-order valence-electron chi connectivity index (χ2n) is 5.37. The predicted molar refractivity (Wildman–Crippen MR) is 102 cm³/mol. The molecule has 2 aromatic carbocycles. The number of nitriles is 1. The van der Waals surface area contributed by atoms with Crippen molar-refractivity contribution in [3.63, 3.8) is 0 Å². The number of aromatic hydroxyl groups is 1. The highest BCUT2D eigenvalue weighted by atomic mass is 32.2. The highest BCUT2D eigenvalue weighted by molar-refractivity contribution is 7.99. The number of amides is 1. The summed E-state index contributed by atoms with van der Waals surface area (Å²) in [6, 6.07) is 9.45. The monoisotopic (exact) mass is 421 g/mol. The highest BCUT2D eigenvalue weighted by Gasteiger charge is 2.20. The number of rotatable bonds is 7. The van der Waals surface area contributed by atoms with Crippen LogP contribution in [0.2, 0.25) is 0 Å². The Balaban J connectivity index is 2.27. The van der Waals surface area contributed by atoms with E-state index in [9.17, 15) is 34.1 Å². The minimum absolute atomic E-state index is 0.0849. The molecule has 0 radical (unpaired) electrons. The van der Waals surface area contributed by atoms with Crippen LogP contribution in [0.4, 0.5) is 20.2 Å². The van der Waals surface area contributed by atoms with Crippen LogP contribution in [0.25, 0.3) is 6.08 Å². The molecular weight excluding hydrogens is 408 g/mol. The summed E-state index contributed by atoms with van der Waals surface area (Å²) >= 11 is 0.350. The molecule has 0 aliphatic heterocycles. The molecule has 0 heterocycles. The first-order valence-corrected chi connectivity index (χ1v) is 8.66. The standard InChI is InChI=1S/C18H13F2N3O5S/c1-28-15-8-10(7-14(16(15)24)23(26)27)6-11(9-21)17(25)22-12-2-4-13(5-3-12)29-18(19)20/h2-8,18,24H,1H3,(H,22,25)/b11-6+. The van der Waals surface area contributed by atoms with E-state index in [1.54, 1.807) is 6.07 Å². The number of hydrogen-bond acceptors (Lipinski definition) is 7. The Hall–Kier alpha value is -3.65. The van der Waals surface area contributed by atoms with Crippen LogP contribution in [0.5, 0.6) is 11.5 Å². The lowest BCUT2D eigenvalue weighted by molar-refractivity contribution is -0.386. The van der Waals surface area contributed by atoms with Crippen molar-refractivity contribution in [2.45, 2.75) is 10.7 Å². The quantitative estimate of drug-likeness (QED) is 0.226. The first kappa shape index (κ1) is 21.6.